The summed E-state index contributed by atoms with van der Waals surface area (Å²) in [5.41, 5.74) is 2.72. The van der Waals surface area contributed by atoms with E-state index < -0.39 is 0 Å². The van der Waals surface area contributed by atoms with Crippen LogP contribution in [0.25, 0.3) is 16.9 Å². The summed E-state index contributed by atoms with van der Waals surface area (Å²) >= 11 is 5.99. The number of imidazole rings is 1. The molecule has 2 aromatic heterocycles. The highest BCUT2D eigenvalue weighted by Crippen LogP contribution is 2.24. The minimum Gasteiger partial charge on any atom is -0.482 e. The van der Waals surface area contributed by atoms with Crippen molar-refractivity contribution in [3.05, 3.63) is 53.7 Å². The molecule has 4 heteroatoms. The van der Waals surface area contributed by atoms with E-state index in [2.05, 4.69) is 4.98 Å². The van der Waals surface area contributed by atoms with Gasteiger partial charge in [-0.25, -0.2) is 4.98 Å². The van der Waals surface area contributed by atoms with Gasteiger partial charge < -0.3 is 4.74 Å². The molecule has 0 atom stereocenters. The van der Waals surface area contributed by atoms with E-state index in [-0.39, 0.29) is 0 Å². The predicted octanol–water partition coefficient (Wildman–Crippen LogP) is 3.66. The molecular weight excluding hydrogens is 248 g/mol. The monoisotopic (exact) mass is 258 g/mol. The molecule has 0 saturated heterocycles. The smallest absolute Gasteiger partial charge is 0.198 e. The van der Waals surface area contributed by atoms with Crippen molar-refractivity contribution < 1.29 is 4.74 Å². The number of hydrogen-bond donors (Lipinski definition) is 0. The first-order chi connectivity index (χ1) is 8.78. The van der Waals surface area contributed by atoms with E-state index in [9.17, 15) is 0 Å². The maximum absolute atomic E-state index is 5.99. The van der Waals surface area contributed by atoms with Crippen LogP contribution in [0.3, 0.4) is 0 Å². The van der Waals surface area contributed by atoms with Crippen LogP contribution in [-0.2, 0) is 0 Å². The van der Waals surface area contributed by atoms with Gasteiger partial charge in [-0.1, -0.05) is 29.8 Å². The zero-order valence-corrected chi connectivity index (χ0v) is 10.6. The fraction of sp³-hybridized carbons (Fsp3) is 0.0714. The number of halogens is 1. The van der Waals surface area contributed by atoms with Gasteiger partial charge in [0.1, 0.15) is 5.65 Å². The molecule has 3 aromatic rings. The molecule has 0 aliphatic rings. The van der Waals surface area contributed by atoms with E-state index in [1.807, 2.05) is 53.1 Å². The Morgan fingerprint density at radius 2 is 2.00 bits per heavy atom. The highest BCUT2D eigenvalue weighted by atomic mass is 35.5. The number of pyridine rings is 1. The first-order valence-corrected chi connectivity index (χ1v) is 5.94. The summed E-state index contributed by atoms with van der Waals surface area (Å²) in [7, 11) is 1.65. The van der Waals surface area contributed by atoms with Gasteiger partial charge in [-0.3, -0.25) is 4.40 Å². The van der Waals surface area contributed by atoms with E-state index in [1.54, 1.807) is 7.11 Å². The molecular formula is C14H11ClN2O. The third-order valence-electron chi connectivity index (χ3n) is 2.78. The molecule has 1 aromatic carbocycles. The van der Waals surface area contributed by atoms with Crippen LogP contribution in [0.15, 0.2) is 48.7 Å². The maximum Gasteiger partial charge on any atom is 0.198 e. The Hall–Kier alpha value is -2.00. The molecule has 0 spiro atoms. The Bertz CT molecular complexity index is 706. The van der Waals surface area contributed by atoms with Crippen molar-refractivity contribution >= 4 is 17.2 Å². The average Bonchev–Trinajstić information content (AvgIpc) is 2.82. The summed E-state index contributed by atoms with van der Waals surface area (Å²) in [6.45, 7) is 0. The molecule has 0 unspecified atom stereocenters. The largest absolute Gasteiger partial charge is 0.482 e. The lowest BCUT2D eigenvalue weighted by atomic mass is 10.2. The van der Waals surface area contributed by atoms with Gasteiger partial charge >= 0.3 is 0 Å². The van der Waals surface area contributed by atoms with Gasteiger partial charge in [0.2, 0.25) is 0 Å². The van der Waals surface area contributed by atoms with Gasteiger partial charge in [0.15, 0.2) is 5.88 Å². The minimum absolute atomic E-state index is 0.705. The number of aromatic nitrogens is 2. The summed E-state index contributed by atoms with van der Waals surface area (Å²) in [5, 5.41) is 0.705. The zero-order valence-electron chi connectivity index (χ0n) is 9.80. The quantitative estimate of drug-likeness (QED) is 0.701. The van der Waals surface area contributed by atoms with Crippen LogP contribution in [-0.4, -0.2) is 16.5 Å². The molecule has 3 nitrogen and oxygen atoms in total. The van der Waals surface area contributed by atoms with E-state index >= 15 is 0 Å². The minimum atomic E-state index is 0.705. The normalized spacial score (nSPS) is 10.8. The molecule has 0 radical (unpaired) electrons. The lowest BCUT2D eigenvalue weighted by Gasteiger charge is -2.01. The lowest BCUT2D eigenvalue weighted by molar-refractivity contribution is 0.392. The van der Waals surface area contributed by atoms with Gasteiger partial charge in [0.25, 0.3) is 0 Å². The Morgan fingerprint density at radius 3 is 2.78 bits per heavy atom. The van der Waals surface area contributed by atoms with Crippen LogP contribution in [0.5, 0.6) is 5.88 Å². The van der Waals surface area contributed by atoms with Crippen molar-refractivity contribution in [1.82, 2.24) is 9.38 Å². The van der Waals surface area contributed by atoms with Gasteiger partial charge in [0.05, 0.1) is 12.8 Å². The van der Waals surface area contributed by atoms with Crippen LogP contribution >= 0.6 is 11.6 Å². The van der Waals surface area contributed by atoms with Crippen molar-refractivity contribution in [2.24, 2.45) is 0 Å². The predicted molar refractivity (Wildman–Crippen MR) is 72.2 cm³/mol. The molecule has 0 saturated carbocycles. The van der Waals surface area contributed by atoms with E-state index in [4.69, 9.17) is 16.3 Å². The average molecular weight is 259 g/mol. The highest BCUT2D eigenvalue weighted by Gasteiger charge is 2.07. The summed E-state index contributed by atoms with van der Waals surface area (Å²) in [6, 6.07) is 13.4. The molecule has 0 aliphatic carbocycles. The third kappa shape index (κ3) is 1.83. The first kappa shape index (κ1) is 11.1. The molecule has 0 aliphatic heterocycles. The molecule has 18 heavy (non-hydrogen) atoms. The molecule has 90 valence electrons. The SMILES string of the molecule is COc1cccc2nc(-c3cccc(Cl)c3)cn12. The second-order valence-corrected chi connectivity index (χ2v) is 4.37. The van der Waals surface area contributed by atoms with Gasteiger partial charge in [-0.05, 0) is 24.3 Å². The van der Waals surface area contributed by atoms with Crippen LogP contribution in [0.1, 0.15) is 0 Å². The molecule has 2 heterocycles. The lowest BCUT2D eigenvalue weighted by Crippen LogP contribution is -1.91. The van der Waals surface area contributed by atoms with Crippen molar-refractivity contribution in [3.63, 3.8) is 0 Å². The van der Waals surface area contributed by atoms with Crippen molar-refractivity contribution in [2.75, 3.05) is 7.11 Å². The van der Waals surface area contributed by atoms with Gasteiger partial charge in [0, 0.05) is 16.8 Å². The third-order valence-corrected chi connectivity index (χ3v) is 3.02. The number of methoxy groups -OCH3 is 1. The number of rotatable bonds is 2. The first-order valence-electron chi connectivity index (χ1n) is 5.56. The number of nitrogens with zero attached hydrogens (tertiary/aromatic N) is 2. The Labute approximate surface area is 110 Å². The van der Waals surface area contributed by atoms with Crippen LogP contribution in [0.4, 0.5) is 0 Å². The number of hydrogen-bond acceptors (Lipinski definition) is 2. The second kappa shape index (κ2) is 4.35. The van der Waals surface area contributed by atoms with Crippen molar-refractivity contribution in [3.8, 4) is 17.1 Å². The summed E-state index contributed by atoms with van der Waals surface area (Å²) < 4.78 is 7.21. The van der Waals surface area contributed by atoms with Crippen LogP contribution < -0.4 is 4.74 Å². The van der Waals surface area contributed by atoms with E-state index in [0.29, 0.717) is 5.02 Å². The fourth-order valence-corrected chi connectivity index (χ4v) is 2.13. The van der Waals surface area contributed by atoms with Gasteiger partial charge in [-0.15, -0.1) is 0 Å². The topological polar surface area (TPSA) is 26.5 Å². The van der Waals surface area contributed by atoms with E-state index in [0.717, 1.165) is 22.8 Å². The van der Waals surface area contributed by atoms with Crippen molar-refractivity contribution in [2.45, 2.75) is 0 Å². The molecule has 3 rings (SSSR count). The standard InChI is InChI=1S/C14H11ClN2O/c1-18-14-7-3-6-13-16-12(9-17(13)14)10-4-2-5-11(15)8-10/h2-9H,1H3. The van der Waals surface area contributed by atoms with Crippen LogP contribution in [0.2, 0.25) is 5.02 Å². The number of fused-ring (bicyclic) bond motifs is 1. The van der Waals surface area contributed by atoms with Crippen LogP contribution in [0, 0.1) is 0 Å². The molecule has 0 amide bonds. The molecule has 0 bridgehead atoms. The Morgan fingerprint density at radius 1 is 1.17 bits per heavy atom. The Kier molecular flexibility index (Phi) is 2.68. The maximum atomic E-state index is 5.99. The second-order valence-electron chi connectivity index (χ2n) is 3.93. The molecule has 0 N–H and O–H groups in total. The zero-order chi connectivity index (χ0) is 12.5. The number of ether oxygens (including phenoxy) is 1. The van der Waals surface area contributed by atoms with E-state index in [1.165, 1.54) is 0 Å². The summed E-state index contributed by atoms with van der Waals surface area (Å²) in [6.07, 6.45) is 1.94. The number of benzene rings is 1. The van der Waals surface area contributed by atoms with Crippen molar-refractivity contribution in [1.29, 1.82) is 0 Å². The molecule has 0 fully saturated rings. The Balaban J connectivity index is 2.19. The highest BCUT2D eigenvalue weighted by molar-refractivity contribution is 6.30. The fourth-order valence-electron chi connectivity index (χ4n) is 1.94. The summed E-state index contributed by atoms with van der Waals surface area (Å²) in [4.78, 5) is 4.56. The van der Waals surface area contributed by atoms with Gasteiger partial charge in [-0.2, -0.15) is 0 Å². The summed E-state index contributed by atoms with van der Waals surface area (Å²) in [5.74, 6) is 0.758.